The van der Waals surface area contributed by atoms with Gasteiger partial charge < -0.3 is 10.2 Å². The number of para-hydroxylation sites is 1. The van der Waals surface area contributed by atoms with Crippen LogP contribution in [-0.2, 0) is 13.0 Å². The summed E-state index contributed by atoms with van der Waals surface area (Å²) in [7, 11) is 0. The summed E-state index contributed by atoms with van der Waals surface area (Å²) in [4.78, 5) is 14.9. The minimum Gasteiger partial charge on any atom is -0.367 e. The van der Waals surface area contributed by atoms with Gasteiger partial charge in [-0.25, -0.2) is 0 Å². The second-order valence-electron chi connectivity index (χ2n) is 7.62. The van der Waals surface area contributed by atoms with Gasteiger partial charge >= 0.3 is 0 Å². The molecule has 0 spiro atoms. The largest absolute Gasteiger partial charge is 0.367 e. The third-order valence-corrected chi connectivity index (χ3v) is 5.67. The van der Waals surface area contributed by atoms with E-state index in [-0.39, 0.29) is 5.91 Å². The molecule has 2 aromatic rings. The lowest BCUT2D eigenvalue weighted by Gasteiger charge is -2.19. The van der Waals surface area contributed by atoms with Crippen LogP contribution in [0.15, 0.2) is 48.5 Å². The van der Waals surface area contributed by atoms with E-state index in [0.29, 0.717) is 5.92 Å². The quantitative estimate of drug-likeness (QED) is 0.663. The third kappa shape index (κ3) is 5.12. The molecule has 3 rings (SSSR count). The first kappa shape index (κ1) is 19.5. The van der Waals surface area contributed by atoms with E-state index in [4.69, 9.17) is 0 Å². The fraction of sp³-hybridized carbons (Fsp3) is 0.458. The molecule has 1 aliphatic rings. The molecule has 1 heterocycles. The van der Waals surface area contributed by atoms with Crippen molar-refractivity contribution in [2.45, 2.75) is 52.5 Å². The normalized spacial score (nSPS) is 14.1. The summed E-state index contributed by atoms with van der Waals surface area (Å²) in [6.45, 7) is 7.17. The summed E-state index contributed by atoms with van der Waals surface area (Å²) < 4.78 is 0. The smallest absolute Gasteiger partial charge is 0.251 e. The maximum Gasteiger partial charge on any atom is 0.251 e. The molecule has 1 atom stereocenters. The monoisotopic (exact) mass is 364 g/mol. The van der Waals surface area contributed by atoms with Crippen LogP contribution in [0, 0.1) is 5.92 Å². The molecule has 3 heteroatoms. The van der Waals surface area contributed by atoms with Crippen LogP contribution in [0.4, 0.5) is 5.69 Å². The van der Waals surface area contributed by atoms with Crippen LogP contribution in [0.3, 0.4) is 0 Å². The molecule has 1 N–H and O–H groups in total. The van der Waals surface area contributed by atoms with Crippen LogP contribution in [0.1, 0.15) is 61.0 Å². The molecule has 0 radical (unpaired) electrons. The van der Waals surface area contributed by atoms with Crippen molar-refractivity contribution in [3.8, 4) is 0 Å². The minimum absolute atomic E-state index is 0.0445. The molecule has 0 saturated heterocycles. The summed E-state index contributed by atoms with van der Waals surface area (Å²) in [5.41, 5.74) is 4.78. The summed E-state index contributed by atoms with van der Waals surface area (Å²) in [5, 5.41) is 3.12. The van der Waals surface area contributed by atoms with Crippen molar-refractivity contribution in [2.24, 2.45) is 5.92 Å². The average Bonchev–Trinajstić information content (AvgIpc) is 3.11. The van der Waals surface area contributed by atoms with Crippen LogP contribution in [0.5, 0.6) is 0 Å². The Hall–Kier alpha value is -2.29. The molecular weight excluding hydrogens is 332 g/mol. The van der Waals surface area contributed by atoms with E-state index < -0.39 is 0 Å². The molecule has 3 nitrogen and oxygen atoms in total. The van der Waals surface area contributed by atoms with Crippen molar-refractivity contribution in [1.29, 1.82) is 0 Å². The number of anilines is 1. The highest BCUT2D eigenvalue weighted by atomic mass is 16.1. The predicted molar refractivity (Wildman–Crippen MR) is 113 cm³/mol. The SMILES string of the molecule is CCCC[C@@H](CC)CNC(=O)c1ccc(CN2CCc3ccccc32)cc1. The van der Waals surface area contributed by atoms with E-state index >= 15 is 0 Å². The Labute approximate surface area is 163 Å². The molecular formula is C24H32N2O. The zero-order valence-corrected chi connectivity index (χ0v) is 16.7. The second kappa shape index (κ2) is 9.59. The van der Waals surface area contributed by atoms with Crippen LogP contribution >= 0.6 is 0 Å². The van der Waals surface area contributed by atoms with Gasteiger partial charge in [0.05, 0.1) is 0 Å². The van der Waals surface area contributed by atoms with Gasteiger partial charge in [-0.15, -0.1) is 0 Å². The Morgan fingerprint density at radius 3 is 2.63 bits per heavy atom. The highest BCUT2D eigenvalue weighted by molar-refractivity contribution is 5.94. The minimum atomic E-state index is 0.0445. The van der Waals surface area contributed by atoms with Gasteiger partial charge in [-0.3, -0.25) is 4.79 Å². The number of unbranched alkanes of at least 4 members (excludes halogenated alkanes) is 1. The summed E-state index contributed by atoms with van der Waals surface area (Å²) in [6.07, 6.45) is 5.89. The number of carbonyl (C=O) groups excluding carboxylic acids is 1. The number of nitrogens with zero attached hydrogens (tertiary/aromatic N) is 1. The maximum atomic E-state index is 12.4. The molecule has 0 unspecified atom stereocenters. The van der Waals surface area contributed by atoms with Crippen LogP contribution in [0.25, 0.3) is 0 Å². The van der Waals surface area contributed by atoms with E-state index in [2.05, 4.69) is 60.5 Å². The first-order valence-electron chi connectivity index (χ1n) is 10.4. The Morgan fingerprint density at radius 1 is 1.11 bits per heavy atom. The van der Waals surface area contributed by atoms with Gasteiger partial charge in [-0.2, -0.15) is 0 Å². The van der Waals surface area contributed by atoms with Crippen molar-refractivity contribution in [3.05, 3.63) is 65.2 Å². The Balaban J connectivity index is 1.53. The molecule has 1 aliphatic heterocycles. The number of benzene rings is 2. The van der Waals surface area contributed by atoms with E-state index in [1.54, 1.807) is 0 Å². The lowest BCUT2D eigenvalue weighted by Crippen LogP contribution is -2.29. The van der Waals surface area contributed by atoms with Crippen LogP contribution in [0.2, 0.25) is 0 Å². The van der Waals surface area contributed by atoms with Crippen LogP contribution in [-0.4, -0.2) is 19.0 Å². The van der Waals surface area contributed by atoms with E-state index in [1.807, 2.05) is 12.1 Å². The maximum absolute atomic E-state index is 12.4. The molecule has 0 aliphatic carbocycles. The van der Waals surface area contributed by atoms with E-state index in [0.717, 1.165) is 38.0 Å². The highest BCUT2D eigenvalue weighted by Crippen LogP contribution is 2.28. The first-order chi connectivity index (χ1) is 13.2. The van der Waals surface area contributed by atoms with Gasteiger partial charge in [0.15, 0.2) is 0 Å². The van der Waals surface area contributed by atoms with Crippen LogP contribution < -0.4 is 10.2 Å². The fourth-order valence-corrected chi connectivity index (χ4v) is 3.84. The number of hydrogen-bond donors (Lipinski definition) is 1. The number of rotatable bonds is 9. The molecule has 2 aromatic carbocycles. The lowest BCUT2D eigenvalue weighted by atomic mass is 9.99. The summed E-state index contributed by atoms with van der Waals surface area (Å²) in [6, 6.07) is 16.7. The molecule has 1 amide bonds. The predicted octanol–water partition coefficient (Wildman–Crippen LogP) is 5.20. The highest BCUT2D eigenvalue weighted by Gasteiger charge is 2.18. The van der Waals surface area contributed by atoms with Crippen molar-refractivity contribution in [3.63, 3.8) is 0 Å². The molecule has 0 saturated carbocycles. The number of amides is 1. The van der Waals surface area contributed by atoms with E-state index in [1.165, 1.54) is 36.1 Å². The number of nitrogens with one attached hydrogen (secondary N) is 1. The zero-order valence-electron chi connectivity index (χ0n) is 16.7. The van der Waals surface area contributed by atoms with Crippen molar-refractivity contribution in [1.82, 2.24) is 5.32 Å². The van der Waals surface area contributed by atoms with Crippen molar-refractivity contribution >= 4 is 11.6 Å². The summed E-state index contributed by atoms with van der Waals surface area (Å²) in [5.74, 6) is 0.631. The van der Waals surface area contributed by atoms with Gasteiger partial charge in [0.1, 0.15) is 0 Å². The fourth-order valence-electron chi connectivity index (χ4n) is 3.84. The van der Waals surface area contributed by atoms with Crippen molar-refractivity contribution in [2.75, 3.05) is 18.0 Å². The Morgan fingerprint density at radius 2 is 1.89 bits per heavy atom. The third-order valence-electron chi connectivity index (χ3n) is 5.67. The number of fused-ring (bicyclic) bond motifs is 1. The lowest BCUT2D eigenvalue weighted by molar-refractivity contribution is 0.0946. The average molecular weight is 365 g/mol. The first-order valence-corrected chi connectivity index (χ1v) is 10.4. The molecule has 144 valence electrons. The van der Waals surface area contributed by atoms with Gasteiger partial charge in [0.2, 0.25) is 0 Å². The Kier molecular flexibility index (Phi) is 6.92. The topological polar surface area (TPSA) is 32.3 Å². The molecule has 0 bridgehead atoms. The second-order valence-corrected chi connectivity index (χ2v) is 7.62. The Bertz CT molecular complexity index is 738. The summed E-state index contributed by atoms with van der Waals surface area (Å²) >= 11 is 0. The van der Waals surface area contributed by atoms with E-state index in [9.17, 15) is 4.79 Å². The van der Waals surface area contributed by atoms with Crippen molar-refractivity contribution < 1.29 is 4.79 Å². The number of hydrogen-bond acceptors (Lipinski definition) is 2. The zero-order chi connectivity index (χ0) is 19.1. The standard InChI is InChI=1S/C24H32N2O/c1-3-5-8-19(4-2)17-25-24(27)22-13-11-20(12-14-22)18-26-16-15-21-9-6-7-10-23(21)26/h6-7,9-14,19H,3-5,8,15-18H2,1-2H3,(H,25,27)/t19-/m1/s1. The van der Waals surface area contributed by atoms with Gasteiger partial charge in [0, 0.05) is 30.9 Å². The molecule has 27 heavy (non-hydrogen) atoms. The molecule has 0 aromatic heterocycles. The molecule has 0 fully saturated rings. The van der Waals surface area contributed by atoms with Gasteiger partial charge in [0.25, 0.3) is 5.91 Å². The van der Waals surface area contributed by atoms with Gasteiger partial charge in [-0.05, 0) is 48.1 Å². The number of carbonyl (C=O) groups is 1. The van der Waals surface area contributed by atoms with Gasteiger partial charge in [-0.1, -0.05) is 63.4 Å².